The minimum Gasteiger partial charge on any atom is -0.480 e. The van der Waals surface area contributed by atoms with Crippen LogP contribution in [0.15, 0.2) is 12.5 Å². The molecule has 1 rings (SSSR count). The third-order valence-electron chi connectivity index (χ3n) is 2.56. The molecule has 8 heteroatoms. The van der Waals surface area contributed by atoms with Crippen molar-refractivity contribution in [3.8, 4) is 0 Å². The number of rotatable bonds is 8. The lowest BCUT2D eigenvalue weighted by atomic mass is 10.1. The number of carboxylic acids is 1. The summed E-state index contributed by atoms with van der Waals surface area (Å²) in [4.78, 5) is 29.4. The fourth-order valence-corrected chi connectivity index (χ4v) is 1.47. The van der Waals surface area contributed by atoms with Crippen molar-refractivity contribution in [1.82, 2.24) is 15.3 Å². The normalized spacial score (nSPS) is 13.8. The Labute approximate surface area is 110 Å². The maximum Gasteiger partial charge on any atom is 0.326 e. The van der Waals surface area contributed by atoms with E-state index in [-0.39, 0.29) is 6.42 Å². The first-order chi connectivity index (χ1) is 9.04. The van der Waals surface area contributed by atoms with Crippen LogP contribution in [-0.4, -0.2) is 52.8 Å². The Kier molecular flexibility index (Phi) is 5.97. The van der Waals surface area contributed by atoms with E-state index < -0.39 is 24.0 Å². The lowest BCUT2D eigenvalue weighted by molar-refractivity contribution is -0.142. The molecule has 0 fully saturated rings. The van der Waals surface area contributed by atoms with Crippen molar-refractivity contribution in [2.24, 2.45) is 5.73 Å². The number of aromatic amines is 1. The first-order valence-electron chi connectivity index (χ1n) is 5.79. The number of carboxylic acid groups (broad SMARTS) is 1. The third-order valence-corrected chi connectivity index (χ3v) is 2.56. The summed E-state index contributed by atoms with van der Waals surface area (Å²) in [5.74, 6) is -1.63. The quantitative estimate of drug-likeness (QED) is 0.473. The number of carbonyl (C=O) groups excluding carboxylic acids is 1. The van der Waals surface area contributed by atoms with E-state index >= 15 is 0 Å². The number of aromatic nitrogens is 2. The topological polar surface area (TPSA) is 130 Å². The minimum atomic E-state index is -1.12. The highest BCUT2D eigenvalue weighted by Crippen LogP contribution is 2.00. The summed E-state index contributed by atoms with van der Waals surface area (Å²) in [6, 6.07) is -1.83. The van der Waals surface area contributed by atoms with E-state index in [9.17, 15) is 9.59 Å². The van der Waals surface area contributed by atoms with Crippen molar-refractivity contribution in [3.63, 3.8) is 0 Å². The molecule has 1 aromatic rings. The molecule has 0 aromatic carbocycles. The number of amides is 1. The van der Waals surface area contributed by atoms with Gasteiger partial charge in [-0.3, -0.25) is 4.79 Å². The molecule has 1 amide bonds. The number of nitrogens with one attached hydrogen (secondary N) is 2. The average Bonchev–Trinajstić information content (AvgIpc) is 2.87. The Morgan fingerprint density at radius 1 is 1.63 bits per heavy atom. The number of ether oxygens (including phenoxy) is 1. The fraction of sp³-hybridized carbons (Fsp3) is 0.545. The van der Waals surface area contributed by atoms with Crippen LogP contribution >= 0.6 is 0 Å². The number of H-pyrrole nitrogens is 1. The lowest BCUT2D eigenvalue weighted by Crippen LogP contribution is -2.49. The predicted octanol–water partition coefficient (Wildman–Crippen LogP) is -1.11. The first-order valence-corrected chi connectivity index (χ1v) is 5.79. The van der Waals surface area contributed by atoms with Crippen LogP contribution < -0.4 is 11.1 Å². The van der Waals surface area contributed by atoms with Gasteiger partial charge in [-0.25, -0.2) is 9.78 Å². The highest BCUT2D eigenvalue weighted by Gasteiger charge is 2.23. The standard InChI is InChI=1S/C11H18N4O4/c1-19-3-2-8(12)10(16)15-9(11(17)18)4-7-5-13-6-14-7/h5-6,8-9H,2-4,12H2,1H3,(H,13,14)(H,15,16)(H,17,18)/t8?,9-/m0/s1. The van der Waals surface area contributed by atoms with Crippen LogP contribution in [0, 0.1) is 0 Å². The van der Waals surface area contributed by atoms with Crippen molar-refractivity contribution >= 4 is 11.9 Å². The van der Waals surface area contributed by atoms with Crippen molar-refractivity contribution < 1.29 is 19.4 Å². The van der Waals surface area contributed by atoms with Gasteiger partial charge in [-0.15, -0.1) is 0 Å². The van der Waals surface area contributed by atoms with E-state index in [2.05, 4.69) is 15.3 Å². The smallest absolute Gasteiger partial charge is 0.326 e. The molecule has 2 atom stereocenters. The van der Waals surface area contributed by atoms with Gasteiger partial charge in [-0.1, -0.05) is 0 Å². The molecule has 106 valence electrons. The first kappa shape index (κ1) is 15.1. The van der Waals surface area contributed by atoms with Gasteiger partial charge in [-0.05, 0) is 6.42 Å². The molecule has 19 heavy (non-hydrogen) atoms. The Morgan fingerprint density at radius 2 is 2.37 bits per heavy atom. The molecule has 1 unspecified atom stereocenters. The van der Waals surface area contributed by atoms with Crippen LogP contribution in [0.3, 0.4) is 0 Å². The molecule has 0 saturated heterocycles. The van der Waals surface area contributed by atoms with Crippen LogP contribution in [-0.2, 0) is 20.7 Å². The molecule has 0 radical (unpaired) electrons. The molecule has 0 aliphatic heterocycles. The zero-order valence-corrected chi connectivity index (χ0v) is 10.6. The number of aliphatic carboxylic acids is 1. The number of carbonyl (C=O) groups is 2. The van der Waals surface area contributed by atoms with Crippen LogP contribution in [0.5, 0.6) is 0 Å². The Hall–Kier alpha value is -1.93. The van der Waals surface area contributed by atoms with Crippen molar-refractivity contribution in [3.05, 3.63) is 18.2 Å². The predicted molar refractivity (Wildman–Crippen MR) is 66.3 cm³/mol. The lowest BCUT2D eigenvalue weighted by Gasteiger charge is -2.17. The summed E-state index contributed by atoms with van der Waals surface area (Å²) in [5.41, 5.74) is 6.24. The molecule has 0 spiro atoms. The molecule has 8 nitrogen and oxygen atoms in total. The number of nitrogens with zero attached hydrogens (tertiary/aromatic N) is 1. The molecule has 1 aromatic heterocycles. The zero-order valence-electron chi connectivity index (χ0n) is 10.6. The van der Waals surface area contributed by atoms with Crippen molar-refractivity contribution in [2.75, 3.05) is 13.7 Å². The van der Waals surface area contributed by atoms with Crippen LogP contribution in [0.2, 0.25) is 0 Å². The molecule has 0 aliphatic rings. The van der Waals surface area contributed by atoms with Gasteiger partial charge in [0.2, 0.25) is 5.91 Å². The van der Waals surface area contributed by atoms with E-state index in [0.717, 1.165) is 0 Å². The SMILES string of the molecule is COCCC(N)C(=O)N[C@@H](Cc1cnc[nH]1)C(=O)O. The second-order valence-corrected chi connectivity index (χ2v) is 4.07. The number of methoxy groups -OCH3 is 1. The third kappa shape index (κ3) is 5.06. The molecule has 0 saturated carbocycles. The molecular formula is C11H18N4O4. The second kappa shape index (κ2) is 7.49. The van der Waals surface area contributed by atoms with Crippen LogP contribution in [0.25, 0.3) is 0 Å². The Balaban J connectivity index is 2.53. The van der Waals surface area contributed by atoms with Gasteiger partial charge in [0.25, 0.3) is 0 Å². The highest BCUT2D eigenvalue weighted by atomic mass is 16.5. The van der Waals surface area contributed by atoms with Gasteiger partial charge in [0, 0.05) is 32.0 Å². The van der Waals surface area contributed by atoms with Crippen LogP contribution in [0.4, 0.5) is 0 Å². The summed E-state index contributed by atoms with van der Waals surface area (Å²) < 4.78 is 4.81. The van der Waals surface area contributed by atoms with Gasteiger partial charge in [0.15, 0.2) is 0 Å². The number of nitrogens with two attached hydrogens (primary N) is 1. The van der Waals surface area contributed by atoms with E-state index in [4.69, 9.17) is 15.6 Å². The van der Waals surface area contributed by atoms with Gasteiger partial charge < -0.3 is 25.9 Å². The summed E-state index contributed by atoms with van der Waals surface area (Å²) in [6.45, 7) is 0.340. The number of hydrogen-bond donors (Lipinski definition) is 4. The van der Waals surface area contributed by atoms with Gasteiger partial charge in [0.1, 0.15) is 6.04 Å². The number of imidazole rings is 1. The minimum absolute atomic E-state index is 0.123. The number of hydrogen-bond acceptors (Lipinski definition) is 5. The van der Waals surface area contributed by atoms with Crippen molar-refractivity contribution in [1.29, 1.82) is 0 Å². The molecule has 0 bridgehead atoms. The van der Waals surface area contributed by atoms with E-state index in [1.54, 1.807) is 0 Å². The van der Waals surface area contributed by atoms with Crippen molar-refractivity contribution in [2.45, 2.75) is 24.9 Å². The Morgan fingerprint density at radius 3 is 2.89 bits per heavy atom. The van der Waals surface area contributed by atoms with Gasteiger partial charge in [-0.2, -0.15) is 0 Å². The monoisotopic (exact) mass is 270 g/mol. The Bertz CT molecular complexity index is 407. The largest absolute Gasteiger partial charge is 0.480 e. The zero-order chi connectivity index (χ0) is 14.3. The summed E-state index contributed by atoms with van der Waals surface area (Å²) >= 11 is 0. The maximum absolute atomic E-state index is 11.7. The van der Waals surface area contributed by atoms with E-state index in [1.165, 1.54) is 19.6 Å². The summed E-state index contributed by atoms with van der Waals surface area (Å²) in [7, 11) is 1.50. The second-order valence-electron chi connectivity index (χ2n) is 4.07. The maximum atomic E-state index is 11.7. The highest BCUT2D eigenvalue weighted by molar-refractivity contribution is 5.86. The molecule has 1 heterocycles. The van der Waals surface area contributed by atoms with E-state index in [0.29, 0.717) is 18.7 Å². The van der Waals surface area contributed by atoms with Crippen LogP contribution in [0.1, 0.15) is 12.1 Å². The summed E-state index contributed by atoms with van der Waals surface area (Å²) in [6.07, 6.45) is 3.41. The fourth-order valence-electron chi connectivity index (χ4n) is 1.47. The van der Waals surface area contributed by atoms with Gasteiger partial charge >= 0.3 is 5.97 Å². The van der Waals surface area contributed by atoms with E-state index in [1.807, 2.05) is 0 Å². The molecular weight excluding hydrogens is 252 g/mol. The van der Waals surface area contributed by atoms with Gasteiger partial charge in [0.05, 0.1) is 12.4 Å². The molecule has 0 aliphatic carbocycles. The molecule has 5 N–H and O–H groups in total. The summed E-state index contributed by atoms with van der Waals surface area (Å²) in [5, 5.41) is 11.5. The average molecular weight is 270 g/mol.